The van der Waals surface area contributed by atoms with Crippen LogP contribution in [0, 0.1) is 17.8 Å². The summed E-state index contributed by atoms with van der Waals surface area (Å²) in [5.74, 6) is 1.67. The topological polar surface area (TPSA) is 62.2 Å². The second-order valence-electron chi connectivity index (χ2n) is 13.4. The molecule has 0 aromatic rings. The summed E-state index contributed by atoms with van der Waals surface area (Å²) in [5.41, 5.74) is 0. The van der Waals surface area contributed by atoms with Crippen LogP contribution in [0.3, 0.4) is 0 Å². The SMILES string of the molecule is CCCCCCC(CCCCCC)[C@H](O)CN(CCCCO)CCCCCCC(OCC(CC)CC)OCC(CC)CC. The zero-order valence-electron chi connectivity index (χ0n) is 30.1. The smallest absolute Gasteiger partial charge is 0.157 e. The average Bonchev–Trinajstić information content (AvgIpc) is 3.02. The van der Waals surface area contributed by atoms with Crippen molar-refractivity contribution >= 4 is 0 Å². The first kappa shape index (κ1) is 42.8. The molecule has 2 N–H and O–H groups in total. The van der Waals surface area contributed by atoms with E-state index in [1.54, 1.807) is 0 Å². The maximum atomic E-state index is 11.4. The van der Waals surface area contributed by atoms with Crippen molar-refractivity contribution in [2.75, 3.05) is 39.5 Å². The Morgan fingerprint density at radius 1 is 0.535 bits per heavy atom. The molecule has 0 aromatic carbocycles. The Labute approximate surface area is 270 Å². The third kappa shape index (κ3) is 24.7. The average molecular weight is 614 g/mol. The molecule has 0 bridgehead atoms. The number of hydrogen-bond donors (Lipinski definition) is 2. The van der Waals surface area contributed by atoms with Gasteiger partial charge in [-0.3, -0.25) is 0 Å². The summed E-state index contributed by atoms with van der Waals surface area (Å²) in [4.78, 5) is 2.49. The number of ether oxygens (including phenoxy) is 2. The van der Waals surface area contributed by atoms with Crippen LogP contribution in [0.1, 0.15) is 176 Å². The van der Waals surface area contributed by atoms with Gasteiger partial charge in [0.1, 0.15) is 0 Å². The van der Waals surface area contributed by atoms with Gasteiger partial charge in [0.05, 0.1) is 19.3 Å². The predicted molar refractivity (Wildman–Crippen MR) is 187 cm³/mol. The van der Waals surface area contributed by atoms with Crippen molar-refractivity contribution in [1.29, 1.82) is 0 Å². The quantitative estimate of drug-likeness (QED) is 0.0558. The fraction of sp³-hybridized carbons (Fsp3) is 1.00. The highest BCUT2D eigenvalue weighted by Gasteiger charge is 2.21. The van der Waals surface area contributed by atoms with E-state index in [1.807, 2.05) is 0 Å². The molecular weight excluding hydrogens is 534 g/mol. The van der Waals surface area contributed by atoms with Crippen LogP contribution in [0.5, 0.6) is 0 Å². The third-order valence-corrected chi connectivity index (χ3v) is 9.74. The first-order chi connectivity index (χ1) is 21.0. The molecule has 0 aromatic heterocycles. The Kier molecular flexibility index (Phi) is 31.6. The van der Waals surface area contributed by atoms with Gasteiger partial charge in [-0.2, -0.15) is 0 Å². The zero-order valence-corrected chi connectivity index (χ0v) is 30.1. The minimum Gasteiger partial charge on any atom is -0.396 e. The first-order valence-corrected chi connectivity index (χ1v) is 19.2. The molecule has 0 saturated heterocycles. The van der Waals surface area contributed by atoms with Crippen molar-refractivity contribution in [2.45, 2.75) is 189 Å². The minimum absolute atomic E-state index is 0.0714. The number of unbranched alkanes of at least 4 members (excludes halogenated alkanes) is 10. The summed E-state index contributed by atoms with van der Waals surface area (Å²) in [6, 6.07) is 0. The van der Waals surface area contributed by atoms with E-state index in [0.29, 0.717) is 17.8 Å². The molecule has 0 amide bonds. The molecule has 0 aliphatic rings. The first-order valence-electron chi connectivity index (χ1n) is 19.2. The van der Waals surface area contributed by atoms with Gasteiger partial charge >= 0.3 is 0 Å². The van der Waals surface area contributed by atoms with E-state index in [9.17, 15) is 10.2 Å². The monoisotopic (exact) mass is 614 g/mol. The maximum Gasteiger partial charge on any atom is 0.157 e. The van der Waals surface area contributed by atoms with E-state index >= 15 is 0 Å². The maximum absolute atomic E-state index is 11.4. The summed E-state index contributed by atoms with van der Waals surface area (Å²) in [6.07, 6.45) is 24.4. The largest absolute Gasteiger partial charge is 0.396 e. The van der Waals surface area contributed by atoms with Crippen LogP contribution >= 0.6 is 0 Å². The second kappa shape index (κ2) is 31.8. The minimum atomic E-state index is -0.238. The molecule has 5 heteroatoms. The molecule has 0 heterocycles. The molecule has 260 valence electrons. The van der Waals surface area contributed by atoms with Crippen LogP contribution in [0.4, 0.5) is 0 Å². The third-order valence-electron chi connectivity index (χ3n) is 9.74. The number of rotatable bonds is 34. The van der Waals surface area contributed by atoms with Gasteiger partial charge in [-0.05, 0) is 75.8 Å². The van der Waals surface area contributed by atoms with Crippen LogP contribution in [0.25, 0.3) is 0 Å². The molecule has 0 rings (SSSR count). The fourth-order valence-corrected chi connectivity index (χ4v) is 6.10. The van der Waals surface area contributed by atoms with E-state index in [1.165, 1.54) is 64.2 Å². The van der Waals surface area contributed by atoms with Gasteiger partial charge in [0.2, 0.25) is 0 Å². The number of nitrogens with zero attached hydrogens (tertiary/aromatic N) is 1. The summed E-state index contributed by atoms with van der Waals surface area (Å²) in [6.45, 7) is 18.2. The van der Waals surface area contributed by atoms with Crippen molar-refractivity contribution in [2.24, 2.45) is 17.8 Å². The van der Waals surface area contributed by atoms with Gasteiger partial charge in [0.15, 0.2) is 6.29 Å². The lowest BCUT2D eigenvalue weighted by atomic mass is 9.89. The van der Waals surface area contributed by atoms with E-state index < -0.39 is 0 Å². The predicted octanol–water partition coefficient (Wildman–Crippen LogP) is 10.2. The van der Waals surface area contributed by atoms with Gasteiger partial charge in [-0.25, -0.2) is 0 Å². The summed E-state index contributed by atoms with van der Waals surface area (Å²) >= 11 is 0. The van der Waals surface area contributed by atoms with Crippen molar-refractivity contribution in [3.05, 3.63) is 0 Å². The molecule has 0 aliphatic carbocycles. The standard InChI is InChI=1S/C38H79NO4/c1-7-13-15-19-25-36(26-20-16-14-8-2)37(41)31-39(29-23-24-30-40)28-22-18-17-21-27-38(42-32-34(9-3)10-4)43-33-35(11-5)12-6/h34-38,40-41H,7-33H2,1-6H3/t37-/m1/s1. The van der Waals surface area contributed by atoms with E-state index in [2.05, 4.69) is 46.4 Å². The molecule has 0 spiro atoms. The summed E-state index contributed by atoms with van der Waals surface area (Å²) in [7, 11) is 0. The highest BCUT2D eigenvalue weighted by atomic mass is 16.7. The molecule has 0 aliphatic heterocycles. The Morgan fingerprint density at radius 2 is 0.977 bits per heavy atom. The van der Waals surface area contributed by atoms with Crippen LogP contribution in [0.15, 0.2) is 0 Å². The van der Waals surface area contributed by atoms with Crippen molar-refractivity contribution < 1.29 is 19.7 Å². The Morgan fingerprint density at radius 3 is 1.44 bits per heavy atom. The van der Waals surface area contributed by atoms with E-state index in [-0.39, 0.29) is 19.0 Å². The van der Waals surface area contributed by atoms with Crippen LogP contribution in [-0.4, -0.2) is 67.0 Å². The van der Waals surface area contributed by atoms with Crippen molar-refractivity contribution in [3.63, 3.8) is 0 Å². The fourth-order valence-electron chi connectivity index (χ4n) is 6.10. The molecular formula is C38H79NO4. The van der Waals surface area contributed by atoms with Crippen LogP contribution < -0.4 is 0 Å². The molecule has 0 unspecified atom stereocenters. The highest BCUT2D eigenvalue weighted by Crippen LogP contribution is 2.23. The van der Waals surface area contributed by atoms with Gasteiger partial charge in [-0.1, -0.05) is 131 Å². The van der Waals surface area contributed by atoms with Crippen LogP contribution in [0.2, 0.25) is 0 Å². The molecule has 0 radical (unpaired) electrons. The van der Waals surface area contributed by atoms with Gasteiger partial charge in [0, 0.05) is 13.2 Å². The molecule has 0 fully saturated rings. The van der Waals surface area contributed by atoms with E-state index in [0.717, 1.165) is 103 Å². The van der Waals surface area contributed by atoms with Crippen molar-refractivity contribution in [3.8, 4) is 0 Å². The van der Waals surface area contributed by atoms with Crippen LogP contribution in [-0.2, 0) is 9.47 Å². The highest BCUT2D eigenvalue weighted by molar-refractivity contribution is 4.74. The lowest BCUT2D eigenvalue weighted by Gasteiger charge is -2.30. The van der Waals surface area contributed by atoms with Gasteiger partial charge in [-0.15, -0.1) is 0 Å². The van der Waals surface area contributed by atoms with E-state index in [4.69, 9.17) is 9.47 Å². The normalized spacial score (nSPS) is 13.0. The van der Waals surface area contributed by atoms with Gasteiger partial charge < -0.3 is 24.6 Å². The molecule has 5 nitrogen and oxygen atoms in total. The zero-order chi connectivity index (χ0) is 32.0. The Balaban J connectivity index is 4.81. The number of aliphatic hydroxyl groups is 2. The van der Waals surface area contributed by atoms with Crippen molar-refractivity contribution in [1.82, 2.24) is 4.90 Å². The number of aliphatic hydroxyl groups excluding tert-OH is 2. The lowest BCUT2D eigenvalue weighted by Crippen LogP contribution is -2.38. The molecule has 43 heavy (non-hydrogen) atoms. The number of hydrogen-bond acceptors (Lipinski definition) is 5. The second-order valence-corrected chi connectivity index (χ2v) is 13.4. The van der Waals surface area contributed by atoms with Gasteiger partial charge in [0.25, 0.3) is 0 Å². The molecule has 0 saturated carbocycles. The summed E-state index contributed by atoms with van der Waals surface area (Å²) in [5, 5.41) is 20.7. The Hall–Kier alpha value is -0.200. The summed E-state index contributed by atoms with van der Waals surface area (Å²) < 4.78 is 12.6. The lowest BCUT2D eigenvalue weighted by molar-refractivity contribution is -0.161. The molecule has 1 atom stereocenters. The Bertz CT molecular complexity index is 512.